The minimum Gasteiger partial charge on any atom is -0.256 e. The summed E-state index contributed by atoms with van der Waals surface area (Å²) in [6.07, 6.45) is 3.54. The van der Waals surface area contributed by atoms with Crippen LogP contribution in [0.5, 0.6) is 0 Å². The van der Waals surface area contributed by atoms with Crippen molar-refractivity contribution in [3.05, 3.63) is 127 Å². The summed E-state index contributed by atoms with van der Waals surface area (Å²) in [4.78, 5) is 34.3. The fourth-order valence-electron chi connectivity index (χ4n) is 5.38. The molecule has 4 heterocycles. The van der Waals surface area contributed by atoms with Gasteiger partial charge in [0.15, 0.2) is 17.5 Å². The molecule has 0 N–H and O–H groups in total. The molecule has 0 spiro atoms. The molecule has 0 amide bonds. The first-order chi connectivity index (χ1) is 21.7. The maximum Gasteiger partial charge on any atom is 0.184 e. The molecule has 44 heavy (non-hydrogen) atoms. The third kappa shape index (κ3) is 4.37. The van der Waals surface area contributed by atoms with E-state index in [1.54, 1.807) is 24.5 Å². The Hall–Kier alpha value is -6.46. The van der Waals surface area contributed by atoms with Gasteiger partial charge in [-0.05, 0) is 48.5 Å². The Morgan fingerprint density at radius 1 is 0.432 bits per heavy atom. The zero-order chi connectivity index (χ0) is 29.5. The number of fused-ring (bicyclic) bond motifs is 3. The van der Waals surface area contributed by atoms with Gasteiger partial charge in [-0.3, -0.25) is 9.97 Å². The fraction of sp³-hybridized carbons (Fsp3) is 0. The van der Waals surface area contributed by atoms with E-state index in [0.29, 0.717) is 39.9 Å². The molecular weight excluding hydrogens is 544 g/mol. The molecule has 0 aliphatic carbocycles. The lowest BCUT2D eigenvalue weighted by atomic mass is 10.0. The lowest BCUT2D eigenvalue weighted by Gasteiger charge is -2.13. The molecule has 8 rings (SSSR count). The van der Waals surface area contributed by atoms with Crippen molar-refractivity contribution >= 4 is 32.8 Å². The monoisotopic (exact) mass is 564 g/mol. The summed E-state index contributed by atoms with van der Waals surface area (Å²) >= 11 is 0. The van der Waals surface area contributed by atoms with Crippen molar-refractivity contribution in [2.75, 3.05) is 0 Å². The second-order valence-electron chi connectivity index (χ2n) is 10.2. The summed E-state index contributed by atoms with van der Waals surface area (Å²) in [5.74, 6) is 1.36. The SMILES string of the molecule is N#Cc1ccc(-c2nc3ccccc3nc2-c2nc(-c3cccc4ncccc34)nc(-c3cccc4ncccc34)n2)cc1. The van der Waals surface area contributed by atoms with E-state index in [0.717, 1.165) is 44.0 Å². The molecule has 4 aromatic carbocycles. The topological polar surface area (TPSA) is 114 Å². The molecular formula is C36H20N8. The van der Waals surface area contributed by atoms with Gasteiger partial charge < -0.3 is 0 Å². The van der Waals surface area contributed by atoms with Crippen LogP contribution in [0, 0.1) is 11.3 Å². The normalized spacial score (nSPS) is 11.2. The van der Waals surface area contributed by atoms with E-state index in [-0.39, 0.29) is 0 Å². The van der Waals surface area contributed by atoms with E-state index in [2.05, 4.69) is 16.0 Å². The quantitative estimate of drug-likeness (QED) is 0.216. The number of pyridine rings is 2. The van der Waals surface area contributed by atoms with Crippen LogP contribution in [-0.4, -0.2) is 34.9 Å². The van der Waals surface area contributed by atoms with E-state index in [1.165, 1.54) is 0 Å². The van der Waals surface area contributed by atoms with E-state index in [4.69, 9.17) is 24.9 Å². The van der Waals surface area contributed by atoms with Gasteiger partial charge in [0.1, 0.15) is 11.4 Å². The Balaban J connectivity index is 1.45. The Bertz CT molecular complexity index is 2300. The van der Waals surface area contributed by atoms with Crippen LogP contribution in [0.1, 0.15) is 5.56 Å². The third-order valence-corrected chi connectivity index (χ3v) is 7.48. The molecule has 0 aliphatic heterocycles. The average Bonchev–Trinajstić information content (AvgIpc) is 3.10. The summed E-state index contributed by atoms with van der Waals surface area (Å²) in [5.41, 5.74) is 7.26. The smallest absolute Gasteiger partial charge is 0.184 e. The van der Waals surface area contributed by atoms with Crippen molar-refractivity contribution < 1.29 is 0 Å². The van der Waals surface area contributed by atoms with E-state index in [1.807, 2.05) is 97.1 Å². The van der Waals surface area contributed by atoms with Crippen molar-refractivity contribution in [2.24, 2.45) is 0 Å². The summed E-state index contributed by atoms with van der Waals surface area (Å²) in [6, 6.07) is 36.8. The first-order valence-electron chi connectivity index (χ1n) is 14.0. The molecule has 204 valence electrons. The van der Waals surface area contributed by atoms with Crippen LogP contribution in [0.15, 0.2) is 122 Å². The van der Waals surface area contributed by atoms with Gasteiger partial charge >= 0.3 is 0 Å². The molecule has 0 unspecified atom stereocenters. The highest BCUT2D eigenvalue weighted by molar-refractivity contribution is 5.95. The number of aromatic nitrogens is 7. The predicted octanol–water partition coefficient (Wildman–Crippen LogP) is 7.45. The van der Waals surface area contributed by atoms with Gasteiger partial charge in [0.25, 0.3) is 0 Å². The van der Waals surface area contributed by atoms with Gasteiger partial charge in [-0.2, -0.15) is 5.26 Å². The summed E-state index contributed by atoms with van der Waals surface area (Å²) in [6.45, 7) is 0. The number of para-hydroxylation sites is 2. The van der Waals surface area contributed by atoms with E-state index in [9.17, 15) is 5.26 Å². The van der Waals surface area contributed by atoms with Crippen LogP contribution >= 0.6 is 0 Å². The lowest BCUT2D eigenvalue weighted by molar-refractivity contribution is 1.06. The van der Waals surface area contributed by atoms with Crippen LogP contribution in [0.25, 0.3) is 78.4 Å². The highest BCUT2D eigenvalue weighted by Gasteiger charge is 2.21. The van der Waals surface area contributed by atoms with Gasteiger partial charge in [0.05, 0.1) is 33.7 Å². The molecule has 0 aliphatic rings. The van der Waals surface area contributed by atoms with E-state index < -0.39 is 0 Å². The summed E-state index contributed by atoms with van der Waals surface area (Å²) < 4.78 is 0. The van der Waals surface area contributed by atoms with Crippen LogP contribution in [-0.2, 0) is 0 Å². The number of nitrogens with zero attached hydrogens (tertiary/aromatic N) is 8. The Labute approximate surface area is 251 Å². The maximum atomic E-state index is 9.39. The molecule has 8 nitrogen and oxygen atoms in total. The van der Waals surface area contributed by atoms with Crippen molar-refractivity contribution in [3.8, 4) is 51.6 Å². The Kier molecular flexibility index (Phi) is 5.99. The second kappa shape index (κ2) is 10.4. The molecule has 8 heteroatoms. The van der Waals surface area contributed by atoms with Gasteiger partial charge in [0.2, 0.25) is 0 Å². The van der Waals surface area contributed by atoms with Gasteiger partial charge in [-0.25, -0.2) is 24.9 Å². The number of hydrogen-bond acceptors (Lipinski definition) is 8. The maximum absolute atomic E-state index is 9.39. The van der Waals surface area contributed by atoms with Crippen molar-refractivity contribution in [2.45, 2.75) is 0 Å². The number of nitriles is 1. The standard InChI is InChI=1S/C36H20N8/c37-21-22-15-17-23(18-16-22)32-33(41-31-12-2-1-11-30(31)40-32)36-43-34(26-7-3-13-28-24(26)9-5-19-38-28)42-35(44-36)27-8-4-14-29-25(27)10-6-20-39-29/h1-20H. The Morgan fingerprint density at radius 2 is 0.955 bits per heavy atom. The third-order valence-electron chi connectivity index (χ3n) is 7.48. The van der Waals surface area contributed by atoms with Gasteiger partial charge in [-0.1, -0.05) is 60.7 Å². The van der Waals surface area contributed by atoms with Crippen LogP contribution in [0.3, 0.4) is 0 Å². The Morgan fingerprint density at radius 3 is 1.52 bits per heavy atom. The molecule has 0 atom stereocenters. The fourth-order valence-corrected chi connectivity index (χ4v) is 5.38. The second-order valence-corrected chi connectivity index (χ2v) is 10.2. The van der Waals surface area contributed by atoms with Crippen molar-refractivity contribution in [1.82, 2.24) is 34.9 Å². The molecule has 0 saturated heterocycles. The molecule has 0 radical (unpaired) electrons. The minimum absolute atomic E-state index is 0.379. The van der Waals surface area contributed by atoms with Crippen molar-refractivity contribution in [1.29, 1.82) is 5.26 Å². The zero-order valence-electron chi connectivity index (χ0n) is 23.1. The number of hydrogen-bond donors (Lipinski definition) is 0. The van der Waals surface area contributed by atoms with E-state index >= 15 is 0 Å². The summed E-state index contributed by atoms with van der Waals surface area (Å²) in [5, 5.41) is 11.2. The molecule has 4 aromatic heterocycles. The highest BCUT2D eigenvalue weighted by Crippen LogP contribution is 2.34. The number of benzene rings is 4. The zero-order valence-corrected chi connectivity index (χ0v) is 23.1. The molecule has 0 saturated carbocycles. The van der Waals surface area contributed by atoms with Crippen LogP contribution in [0.4, 0.5) is 0 Å². The largest absolute Gasteiger partial charge is 0.256 e. The molecule has 8 aromatic rings. The number of rotatable bonds is 4. The summed E-state index contributed by atoms with van der Waals surface area (Å²) in [7, 11) is 0. The van der Waals surface area contributed by atoms with Crippen molar-refractivity contribution in [3.63, 3.8) is 0 Å². The highest BCUT2D eigenvalue weighted by atomic mass is 15.1. The molecule has 0 bridgehead atoms. The first kappa shape index (κ1) is 25.3. The van der Waals surface area contributed by atoms with Gasteiger partial charge in [-0.15, -0.1) is 0 Å². The average molecular weight is 565 g/mol. The lowest BCUT2D eigenvalue weighted by Crippen LogP contribution is -2.04. The van der Waals surface area contributed by atoms with Gasteiger partial charge in [0, 0.05) is 39.9 Å². The van der Waals surface area contributed by atoms with Crippen LogP contribution < -0.4 is 0 Å². The molecule has 0 fully saturated rings. The predicted molar refractivity (Wildman–Crippen MR) is 170 cm³/mol. The minimum atomic E-state index is 0.379. The first-order valence-corrected chi connectivity index (χ1v) is 14.0. The van der Waals surface area contributed by atoms with Crippen LogP contribution in [0.2, 0.25) is 0 Å².